The predicted octanol–water partition coefficient (Wildman–Crippen LogP) is 2.22. The van der Waals surface area contributed by atoms with Gasteiger partial charge in [0.25, 0.3) is 5.91 Å². The van der Waals surface area contributed by atoms with Gasteiger partial charge in [0.15, 0.2) is 0 Å². The fraction of sp³-hybridized carbons (Fsp3) is 0.391. The fourth-order valence-electron chi connectivity index (χ4n) is 3.35. The smallest absolute Gasteiger partial charge is 0.251 e. The van der Waals surface area contributed by atoms with Crippen molar-refractivity contribution in [2.45, 2.75) is 19.9 Å². The van der Waals surface area contributed by atoms with Crippen LogP contribution in [0.1, 0.15) is 33.1 Å². The van der Waals surface area contributed by atoms with Gasteiger partial charge in [-0.05, 0) is 42.7 Å². The van der Waals surface area contributed by atoms with E-state index >= 15 is 0 Å². The average molecular weight is 396 g/mol. The molecule has 3 rings (SSSR count). The van der Waals surface area contributed by atoms with Gasteiger partial charge in [-0.25, -0.2) is 0 Å². The quantitative estimate of drug-likeness (QED) is 0.754. The van der Waals surface area contributed by atoms with Crippen molar-refractivity contribution in [3.63, 3.8) is 0 Å². The molecule has 0 unspecified atom stereocenters. The number of nitrogens with one attached hydrogen (secondary N) is 2. The van der Waals surface area contributed by atoms with Crippen molar-refractivity contribution >= 4 is 11.8 Å². The van der Waals surface area contributed by atoms with Crippen LogP contribution in [-0.2, 0) is 9.53 Å². The molecule has 1 atom stereocenters. The van der Waals surface area contributed by atoms with Crippen LogP contribution in [0.5, 0.6) is 0 Å². The number of carbonyl (C=O) groups is 2. The number of rotatable bonds is 7. The Bertz CT molecular complexity index is 833. The molecule has 0 saturated carbocycles. The van der Waals surface area contributed by atoms with Crippen LogP contribution in [0.3, 0.4) is 0 Å². The van der Waals surface area contributed by atoms with Gasteiger partial charge in [-0.3, -0.25) is 14.5 Å². The lowest BCUT2D eigenvalue weighted by atomic mass is 10.1. The maximum atomic E-state index is 12.6. The zero-order chi connectivity index (χ0) is 20.6. The number of ether oxygens (including phenoxy) is 1. The molecule has 2 amide bonds. The molecule has 1 saturated heterocycles. The van der Waals surface area contributed by atoms with Gasteiger partial charge in [0, 0.05) is 25.2 Å². The average Bonchev–Trinajstić information content (AvgIpc) is 2.75. The van der Waals surface area contributed by atoms with Crippen molar-refractivity contribution in [2.24, 2.45) is 0 Å². The van der Waals surface area contributed by atoms with Gasteiger partial charge >= 0.3 is 0 Å². The van der Waals surface area contributed by atoms with Crippen LogP contribution in [0.2, 0.25) is 0 Å². The second kappa shape index (κ2) is 10.2. The first kappa shape index (κ1) is 21.0. The van der Waals surface area contributed by atoms with E-state index in [9.17, 15) is 9.59 Å². The lowest BCUT2D eigenvalue weighted by Crippen LogP contribution is -2.45. The molecule has 0 spiro atoms. The number of carbonyl (C=O) groups excluding carboxylic acids is 2. The molecular weight excluding hydrogens is 366 g/mol. The number of hydrogen-bond acceptors (Lipinski definition) is 4. The van der Waals surface area contributed by atoms with Gasteiger partial charge in [-0.15, -0.1) is 0 Å². The maximum absolute atomic E-state index is 12.6. The van der Waals surface area contributed by atoms with E-state index in [0.717, 1.165) is 29.8 Å². The Balaban J connectivity index is 1.58. The van der Waals surface area contributed by atoms with E-state index in [4.69, 9.17) is 4.74 Å². The van der Waals surface area contributed by atoms with Gasteiger partial charge < -0.3 is 15.4 Å². The van der Waals surface area contributed by atoms with Crippen molar-refractivity contribution in [1.29, 1.82) is 0 Å². The summed E-state index contributed by atoms with van der Waals surface area (Å²) < 4.78 is 5.41. The van der Waals surface area contributed by atoms with Crippen LogP contribution >= 0.6 is 0 Å². The molecular formula is C23H29N3O3. The number of benzene rings is 2. The molecule has 1 aliphatic rings. The van der Waals surface area contributed by atoms with Gasteiger partial charge in [0.2, 0.25) is 5.91 Å². The second-order valence-corrected chi connectivity index (χ2v) is 7.43. The van der Waals surface area contributed by atoms with Gasteiger partial charge in [0.05, 0.1) is 25.8 Å². The van der Waals surface area contributed by atoms with Crippen LogP contribution in [0.4, 0.5) is 0 Å². The fourth-order valence-corrected chi connectivity index (χ4v) is 3.35. The lowest BCUT2D eigenvalue weighted by Gasteiger charge is -2.31. The first-order valence-corrected chi connectivity index (χ1v) is 10.0. The Morgan fingerprint density at radius 2 is 1.76 bits per heavy atom. The van der Waals surface area contributed by atoms with Gasteiger partial charge in [0.1, 0.15) is 0 Å². The van der Waals surface area contributed by atoms with Crippen molar-refractivity contribution in [2.75, 3.05) is 39.4 Å². The van der Waals surface area contributed by atoms with E-state index in [-0.39, 0.29) is 24.4 Å². The van der Waals surface area contributed by atoms with E-state index in [1.54, 1.807) is 6.07 Å². The maximum Gasteiger partial charge on any atom is 0.251 e. The van der Waals surface area contributed by atoms with Gasteiger partial charge in [-0.2, -0.15) is 0 Å². The summed E-state index contributed by atoms with van der Waals surface area (Å²) in [5, 5.41) is 5.79. The summed E-state index contributed by atoms with van der Waals surface area (Å²) in [6.45, 7) is 7.74. The highest BCUT2D eigenvalue weighted by Crippen LogP contribution is 2.15. The van der Waals surface area contributed by atoms with E-state index in [0.29, 0.717) is 25.3 Å². The Morgan fingerprint density at radius 3 is 2.45 bits per heavy atom. The van der Waals surface area contributed by atoms with Crippen LogP contribution in [-0.4, -0.2) is 56.1 Å². The molecule has 0 bridgehead atoms. The molecule has 6 heteroatoms. The van der Waals surface area contributed by atoms with Crippen molar-refractivity contribution in [3.05, 3.63) is 70.8 Å². The lowest BCUT2D eigenvalue weighted by molar-refractivity contribution is -0.121. The molecule has 154 valence electrons. The second-order valence-electron chi connectivity index (χ2n) is 7.43. The largest absolute Gasteiger partial charge is 0.379 e. The molecule has 0 radical (unpaired) electrons. The molecule has 6 nitrogen and oxygen atoms in total. The number of nitrogens with zero attached hydrogens (tertiary/aromatic N) is 1. The topological polar surface area (TPSA) is 70.7 Å². The normalized spacial score (nSPS) is 15.5. The summed E-state index contributed by atoms with van der Waals surface area (Å²) in [6, 6.07) is 15.3. The third-order valence-corrected chi connectivity index (χ3v) is 5.26. The number of aryl methyl sites for hydroxylation is 2. The highest BCUT2D eigenvalue weighted by molar-refractivity contribution is 5.96. The monoisotopic (exact) mass is 395 g/mol. The minimum atomic E-state index is -0.243. The minimum absolute atomic E-state index is 0.0573. The highest BCUT2D eigenvalue weighted by Gasteiger charge is 2.20. The Morgan fingerprint density at radius 1 is 1.03 bits per heavy atom. The molecule has 1 aliphatic heterocycles. The Labute approximate surface area is 172 Å². The van der Waals surface area contributed by atoms with Crippen molar-refractivity contribution in [1.82, 2.24) is 15.5 Å². The minimum Gasteiger partial charge on any atom is -0.379 e. The summed E-state index contributed by atoms with van der Waals surface area (Å²) >= 11 is 0. The zero-order valence-corrected chi connectivity index (χ0v) is 17.1. The van der Waals surface area contributed by atoms with Gasteiger partial charge in [-0.1, -0.05) is 36.4 Å². The SMILES string of the molecule is Cc1ccc(C(=O)NCC(=O)N[C@H](CN2CCOCC2)c2ccccc2)cc1C. The predicted molar refractivity (Wildman–Crippen MR) is 113 cm³/mol. The van der Waals surface area contributed by atoms with Crippen LogP contribution in [0.25, 0.3) is 0 Å². The Hall–Kier alpha value is -2.70. The molecule has 1 heterocycles. The van der Waals surface area contributed by atoms with Crippen molar-refractivity contribution in [3.8, 4) is 0 Å². The molecule has 0 aliphatic carbocycles. The number of morpholine rings is 1. The molecule has 2 aromatic rings. The first-order valence-electron chi connectivity index (χ1n) is 10.0. The molecule has 29 heavy (non-hydrogen) atoms. The summed E-state index contributed by atoms with van der Waals surface area (Å²) in [5.41, 5.74) is 3.80. The summed E-state index contributed by atoms with van der Waals surface area (Å²) in [7, 11) is 0. The third kappa shape index (κ3) is 6.14. The highest BCUT2D eigenvalue weighted by atomic mass is 16.5. The summed E-state index contributed by atoms with van der Waals surface area (Å²) in [4.78, 5) is 27.2. The Kier molecular flexibility index (Phi) is 7.38. The van der Waals surface area contributed by atoms with E-state index < -0.39 is 0 Å². The van der Waals surface area contributed by atoms with Crippen molar-refractivity contribution < 1.29 is 14.3 Å². The standard InChI is InChI=1S/C23H29N3O3/c1-17-8-9-20(14-18(17)2)23(28)24-15-22(27)25-21(19-6-4-3-5-7-19)16-26-10-12-29-13-11-26/h3-9,14,21H,10-13,15-16H2,1-2H3,(H,24,28)(H,25,27)/t21-/m1/s1. The molecule has 2 aromatic carbocycles. The molecule has 1 fully saturated rings. The first-order chi connectivity index (χ1) is 14.0. The number of hydrogen-bond donors (Lipinski definition) is 2. The van der Waals surface area contributed by atoms with E-state index in [1.807, 2.05) is 56.3 Å². The van der Waals surface area contributed by atoms with E-state index in [1.165, 1.54) is 0 Å². The van der Waals surface area contributed by atoms with Crippen LogP contribution in [0, 0.1) is 13.8 Å². The van der Waals surface area contributed by atoms with Crippen LogP contribution < -0.4 is 10.6 Å². The van der Waals surface area contributed by atoms with Crippen LogP contribution in [0.15, 0.2) is 48.5 Å². The molecule has 2 N–H and O–H groups in total. The summed E-state index contributed by atoms with van der Waals surface area (Å²) in [6.07, 6.45) is 0. The number of amides is 2. The third-order valence-electron chi connectivity index (χ3n) is 5.26. The summed E-state index contributed by atoms with van der Waals surface area (Å²) in [5.74, 6) is -0.447. The molecule has 0 aromatic heterocycles. The van der Waals surface area contributed by atoms with E-state index in [2.05, 4.69) is 15.5 Å². The zero-order valence-electron chi connectivity index (χ0n) is 17.1.